The number of carbonyl (C=O) groups excluding carboxylic acids is 1. The highest BCUT2D eigenvalue weighted by molar-refractivity contribution is 5.78. The minimum atomic E-state index is 0.169. The largest absolute Gasteiger partial charge is 0.355 e. The molecule has 0 aromatic heterocycles. The Kier molecular flexibility index (Phi) is 6.76. The molecule has 2 heterocycles. The van der Waals surface area contributed by atoms with Gasteiger partial charge in [0.1, 0.15) is 0 Å². The number of nitrogens with one attached hydrogen (secondary N) is 1. The lowest BCUT2D eigenvalue weighted by atomic mass is 9.97. The van der Waals surface area contributed by atoms with E-state index in [1.54, 1.807) is 0 Å². The quantitative estimate of drug-likeness (QED) is 0.703. The fourth-order valence-electron chi connectivity index (χ4n) is 3.34. The van der Waals surface area contributed by atoms with Gasteiger partial charge >= 0.3 is 0 Å². The second kappa shape index (κ2) is 8.60. The Labute approximate surface area is 122 Å². The van der Waals surface area contributed by atoms with Crippen LogP contribution < -0.4 is 11.1 Å². The van der Waals surface area contributed by atoms with Crippen molar-refractivity contribution in [1.29, 1.82) is 0 Å². The second-order valence-electron chi connectivity index (χ2n) is 6.12. The molecule has 0 saturated carbocycles. The van der Waals surface area contributed by atoms with Crippen LogP contribution in [-0.2, 0) is 4.79 Å². The van der Waals surface area contributed by atoms with Crippen LogP contribution >= 0.6 is 0 Å². The van der Waals surface area contributed by atoms with Crippen LogP contribution in [0.15, 0.2) is 0 Å². The van der Waals surface area contributed by atoms with E-state index >= 15 is 0 Å². The maximum atomic E-state index is 12.0. The van der Waals surface area contributed by atoms with Gasteiger partial charge in [0.2, 0.25) is 5.91 Å². The molecule has 0 aromatic rings. The summed E-state index contributed by atoms with van der Waals surface area (Å²) in [4.78, 5) is 17.0. The van der Waals surface area contributed by atoms with Crippen molar-refractivity contribution < 1.29 is 4.79 Å². The molecule has 1 atom stereocenters. The Bertz CT molecular complexity index is 292. The van der Waals surface area contributed by atoms with E-state index in [2.05, 4.69) is 15.1 Å². The zero-order chi connectivity index (χ0) is 14.2. The van der Waals surface area contributed by atoms with Crippen molar-refractivity contribution in [2.75, 3.05) is 52.4 Å². The lowest BCUT2D eigenvalue weighted by molar-refractivity contribution is -0.126. The zero-order valence-corrected chi connectivity index (χ0v) is 12.6. The molecule has 0 aromatic carbocycles. The van der Waals surface area contributed by atoms with E-state index in [4.69, 9.17) is 5.73 Å². The van der Waals surface area contributed by atoms with Crippen LogP contribution in [0.5, 0.6) is 0 Å². The summed E-state index contributed by atoms with van der Waals surface area (Å²) in [6.07, 6.45) is 6.14. The summed E-state index contributed by atoms with van der Waals surface area (Å²) in [5.41, 5.74) is 5.43. The summed E-state index contributed by atoms with van der Waals surface area (Å²) in [5, 5.41) is 2.92. The Balaban J connectivity index is 1.63. The van der Waals surface area contributed by atoms with E-state index in [1.165, 1.54) is 38.9 Å². The molecule has 0 spiro atoms. The molecule has 5 heteroatoms. The molecule has 2 saturated heterocycles. The molecule has 20 heavy (non-hydrogen) atoms. The fourth-order valence-corrected chi connectivity index (χ4v) is 3.34. The topological polar surface area (TPSA) is 61.6 Å². The monoisotopic (exact) mass is 282 g/mol. The van der Waals surface area contributed by atoms with Gasteiger partial charge in [-0.1, -0.05) is 0 Å². The smallest absolute Gasteiger partial charge is 0.224 e. The van der Waals surface area contributed by atoms with Crippen LogP contribution in [0, 0.1) is 5.92 Å². The predicted molar refractivity (Wildman–Crippen MR) is 81.5 cm³/mol. The van der Waals surface area contributed by atoms with E-state index in [-0.39, 0.29) is 11.8 Å². The van der Waals surface area contributed by atoms with Crippen molar-refractivity contribution in [2.45, 2.75) is 32.1 Å². The number of hydrogen-bond donors (Lipinski definition) is 2. The van der Waals surface area contributed by atoms with Gasteiger partial charge in [-0.25, -0.2) is 0 Å². The molecule has 1 unspecified atom stereocenters. The number of carbonyl (C=O) groups is 1. The average molecular weight is 282 g/mol. The summed E-state index contributed by atoms with van der Waals surface area (Å²) in [6.45, 7) is 8.13. The molecule has 0 radical (unpaired) electrons. The minimum Gasteiger partial charge on any atom is -0.355 e. The molecule has 3 N–H and O–H groups in total. The highest BCUT2D eigenvalue weighted by atomic mass is 16.1. The Morgan fingerprint density at radius 2 is 1.80 bits per heavy atom. The van der Waals surface area contributed by atoms with Crippen molar-refractivity contribution >= 4 is 5.91 Å². The first-order valence-electron chi connectivity index (χ1n) is 8.22. The number of nitrogens with zero attached hydrogens (tertiary/aromatic N) is 2. The fraction of sp³-hybridized carbons (Fsp3) is 0.933. The first-order valence-corrected chi connectivity index (χ1v) is 8.22. The standard InChI is InChI=1S/C15H30N4O/c16-6-7-17-15(20)14-5-3-10-19(13-14)12-4-11-18-8-1-2-9-18/h14H,1-13,16H2,(H,17,20). The lowest BCUT2D eigenvalue weighted by Gasteiger charge is -2.32. The van der Waals surface area contributed by atoms with Crippen LogP contribution in [0.3, 0.4) is 0 Å². The number of amides is 1. The van der Waals surface area contributed by atoms with Crippen LogP contribution in [0.2, 0.25) is 0 Å². The SMILES string of the molecule is NCCNC(=O)C1CCCN(CCCN2CCCC2)C1. The number of likely N-dealkylation sites (tertiary alicyclic amines) is 2. The molecule has 2 rings (SSSR count). The Morgan fingerprint density at radius 3 is 2.55 bits per heavy atom. The molecule has 2 aliphatic rings. The van der Waals surface area contributed by atoms with E-state index in [0.717, 1.165) is 32.5 Å². The highest BCUT2D eigenvalue weighted by Crippen LogP contribution is 2.17. The first-order chi connectivity index (χ1) is 9.79. The summed E-state index contributed by atoms with van der Waals surface area (Å²) in [7, 11) is 0. The maximum Gasteiger partial charge on any atom is 0.224 e. The summed E-state index contributed by atoms with van der Waals surface area (Å²) < 4.78 is 0. The molecule has 0 aliphatic carbocycles. The van der Waals surface area contributed by atoms with Crippen LogP contribution in [0.4, 0.5) is 0 Å². The van der Waals surface area contributed by atoms with E-state index in [9.17, 15) is 4.79 Å². The summed E-state index contributed by atoms with van der Waals surface area (Å²) in [5.74, 6) is 0.363. The van der Waals surface area contributed by atoms with Gasteiger partial charge in [0.05, 0.1) is 5.92 Å². The van der Waals surface area contributed by atoms with Gasteiger partial charge in [0, 0.05) is 19.6 Å². The molecule has 1 amide bonds. The van der Waals surface area contributed by atoms with Crippen LogP contribution in [0.1, 0.15) is 32.1 Å². The molecule has 0 bridgehead atoms. The predicted octanol–water partition coefficient (Wildman–Crippen LogP) is 0.259. The Morgan fingerprint density at radius 1 is 1.10 bits per heavy atom. The third-order valence-corrected chi connectivity index (χ3v) is 4.47. The number of rotatable bonds is 7. The van der Waals surface area contributed by atoms with Crippen molar-refractivity contribution in [3.05, 3.63) is 0 Å². The molecule has 5 nitrogen and oxygen atoms in total. The molecule has 2 fully saturated rings. The third-order valence-electron chi connectivity index (χ3n) is 4.47. The number of piperidine rings is 1. The summed E-state index contributed by atoms with van der Waals surface area (Å²) in [6, 6.07) is 0. The Hall–Kier alpha value is -0.650. The molecular formula is C15H30N4O. The first kappa shape index (κ1) is 15.7. The van der Waals surface area contributed by atoms with Gasteiger partial charge in [-0.05, 0) is 64.8 Å². The number of nitrogens with two attached hydrogens (primary N) is 1. The van der Waals surface area contributed by atoms with Gasteiger partial charge < -0.3 is 20.9 Å². The lowest BCUT2D eigenvalue weighted by Crippen LogP contribution is -2.44. The van der Waals surface area contributed by atoms with Gasteiger partial charge in [-0.2, -0.15) is 0 Å². The minimum absolute atomic E-state index is 0.169. The van der Waals surface area contributed by atoms with Crippen molar-refractivity contribution in [2.24, 2.45) is 11.7 Å². The molecule has 116 valence electrons. The maximum absolute atomic E-state index is 12.0. The van der Waals surface area contributed by atoms with Crippen molar-refractivity contribution in [3.63, 3.8) is 0 Å². The van der Waals surface area contributed by atoms with E-state index < -0.39 is 0 Å². The van der Waals surface area contributed by atoms with Gasteiger partial charge in [-0.3, -0.25) is 4.79 Å². The van der Waals surface area contributed by atoms with Gasteiger partial charge in [0.25, 0.3) is 0 Å². The van der Waals surface area contributed by atoms with Gasteiger partial charge in [-0.15, -0.1) is 0 Å². The highest BCUT2D eigenvalue weighted by Gasteiger charge is 2.25. The van der Waals surface area contributed by atoms with Crippen molar-refractivity contribution in [1.82, 2.24) is 15.1 Å². The van der Waals surface area contributed by atoms with Crippen molar-refractivity contribution in [3.8, 4) is 0 Å². The van der Waals surface area contributed by atoms with Crippen LogP contribution in [-0.4, -0.2) is 68.1 Å². The summed E-state index contributed by atoms with van der Waals surface area (Å²) >= 11 is 0. The molecule has 2 aliphatic heterocycles. The van der Waals surface area contributed by atoms with Gasteiger partial charge in [0.15, 0.2) is 0 Å². The second-order valence-corrected chi connectivity index (χ2v) is 6.12. The van der Waals surface area contributed by atoms with E-state index in [1.807, 2.05) is 0 Å². The van der Waals surface area contributed by atoms with E-state index in [0.29, 0.717) is 13.1 Å². The molecular weight excluding hydrogens is 252 g/mol. The average Bonchev–Trinajstić information content (AvgIpc) is 2.98. The third kappa shape index (κ3) is 5.04. The number of hydrogen-bond acceptors (Lipinski definition) is 4. The van der Waals surface area contributed by atoms with Crippen LogP contribution in [0.25, 0.3) is 0 Å². The normalized spacial score (nSPS) is 24.9. The zero-order valence-electron chi connectivity index (χ0n) is 12.6.